The fraction of sp³-hybridized carbons (Fsp3) is 0.538. The van der Waals surface area contributed by atoms with E-state index in [4.69, 9.17) is 18.9 Å². The summed E-state index contributed by atoms with van der Waals surface area (Å²) >= 11 is 0. The highest BCUT2D eigenvalue weighted by Crippen LogP contribution is 2.25. The van der Waals surface area contributed by atoms with Crippen LogP contribution in [-0.2, 0) is 14.2 Å². The second-order valence-corrected chi connectivity index (χ2v) is 3.79. The van der Waals surface area contributed by atoms with Gasteiger partial charge in [-0.25, -0.2) is 0 Å². The molecule has 0 N–H and O–H groups in total. The number of methoxy groups -OCH3 is 1. The van der Waals surface area contributed by atoms with E-state index in [2.05, 4.69) is 0 Å². The Bertz CT molecular complexity index is 398. The second-order valence-electron chi connectivity index (χ2n) is 3.79. The molecule has 0 spiro atoms. The van der Waals surface area contributed by atoms with Gasteiger partial charge in [0, 0.05) is 13.2 Å². The molecule has 0 atom stereocenters. The van der Waals surface area contributed by atoms with Gasteiger partial charge in [-0.15, -0.1) is 0 Å². The first-order valence-corrected chi connectivity index (χ1v) is 6.26. The fourth-order valence-corrected chi connectivity index (χ4v) is 1.40. The molecule has 0 fully saturated rings. The van der Waals surface area contributed by atoms with E-state index < -0.39 is 4.92 Å². The average molecular weight is 285 g/mol. The lowest BCUT2D eigenvalue weighted by molar-refractivity contribution is -0.385. The van der Waals surface area contributed by atoms with Gasteiger partial charge in [-0.1, -0.05) is 12.1 Å². The van der Waals surface area contributed by atoms with Crippen molar-refractivity contribution >= 4 is 5.69 Å². The highest BCUT2D eigenvalue weighted by molar-refractivity contribution is 5.45. The van der Waals surface area contributed by atoms with Gasteiger partial charge < -0.3 is 18.9 Å². The van der Waals surface area contributed by atoms with Crippen molar-refractivity contribution in [2.45, 2.75) is 0 Å². The van der Waals surface area contributed by atoms with Crippen molar-refractivity contribution in [3.8, 4) is 5.75 Å². The Hall–Kier alpha value is -1.70. The molecule has 0 heterocycles. The first kappa shape index (κ1) is 16.4. The highest BCUT2D eigenvalue weighted by atomic mass is 16.6. The number of nitro benzene ring substituents is 1. The Morgan fingerprint density at radius 2 is 1.60 bits per heavy atom. The van der Waals surface area contributed by atoms with E-state index >= 15 is 0 Å². The smallest absolute Gasteiger partial charge is 0.310 e. The molecular formula is C13H19NO6. The molecule has 0 aliphatic heterocycles. The number of rotatable bonds is 11. The number of hydrogen-bond donors (Lipinski definition) is 0. The lowest BCUT2D eigenvalue weighted by atomic mass is 10.3. The quantitative estimate of drug-likeness (QED) is 0.349. The molecule has 1 rings (SSSR count). The van der Waals surface area contributed by atoms with Crippen LogP contribution in [0.1, 0.15) is 0 Å². The number of nitrogens with zero attached hydrogens (tertiary/aromatic N) is 1. The number of ether oxygens (including phenoxy) is 4. The van der Waals surface area contributed by atoms with E-state index in [9.17, 15) is 10.1 Å². The molecule has 0 saturated heterocycles. The van der Waals surface area contributed by atoms with Gasteiger partial charge in [0.05, 0.1) is 38.0 Å². The molecule has 0 aromatic heterocycles. The summed E-state index contributed by atoms with van der Waals surface area (Å²) in [6.07, 6.45) is 0. The van der Waals surface area contributed by atoms with Crippen LogP contribution in [0.25, 0.3) is 0 Å². The second kappa shape index (κ2) is 10.1. The monoisotopic (exact) mass is 285 g/mol. The lowest BCUT2D eigenvalue weighted by Crippen LogP contribution is -2.12. The molecule has 7 nitrogen and oxygen atoms in total. The molecule has 0 radical (unpaired) electrons. The molecule has 7 heteroatoms. The maximum absolute atomic E-state index is 10.7. The van der Waals surface area contributed by atoms with E-state index in [1.54, 1.807) is 25.3 Å². The first-order chi connectivity index (χ1) is 9.75. The van der Waals surface area contributed by atoms with E-state index in [0.717, 1.165) is 0 Å². The third kappa shape index (κ3) is 6.46. The standard InChI is InChI=1S/C13H19NO6/c1-17-6-7-18-8-9-19-10-11-20-13-5-3-2-4-12(13)14(15)16/h2-5H,6-11H2,1H3. The Balaban J connectivity index is 2.11. The average Bonchev–Trinajstić information content (AvgIpc) is 2.46. The summed E-state index contributed by atoms with van der Waals surface area (Å²) in [6.45, 7) is 2.62. The summed E-state index contributed by atoms with van der Waals surface area (Å²) in [5.74, 6) is 0.248. The molecule has 1 aromatic carbocycles. The normalized spacial score (nSPS) is 10.4. The van der Waals surface area contributed by atoms with Gasteiger partial charge in [0.1, 0.15) is 6.61 Å². The number of para-hydroxylation sites is 2. The fourth-order valence-electron chi connectivity index (χ4n) is 1.40. The lowest BCUT2D eigenvalue weighted by Gasteiger charge is -2.07. The van der Waals surface area contributed by atoms with Crippen LogP contribution < -0.4 is 4.74 Å². The molecule has 112 valence electrons. The minimum atomic E-state index is -0.472. The number of benzene rings is 1. The highest BCUT2D eigenvalue weighted by Gasteiger charge is 2.12. The van der Waals surface area contributed by atoms with Gasteiger partial charge >= 0.3 is 5.69 Å². The Morgan fingerprint density at radius 1 is 1.00 bits per heavy atom. The summed E-state index contributed by atoms with van der Waals surface area (Å²) in [7, 11) is 1.61. The topological polar surface area (TPSA) is 80.1 Å². The van der Waals surface area contributed by atoms with Gasteiger partial charge in [-0.2, -0.15) is 0 Å². The molecular weight excluding hydrogens is 266 g/mol. The minimum absolute atomic E-state index is 0.0459. The zero-order valence-corrected chi connectivity index (χ0v) is 11.4. The summed E-state index contributed by atoms with van der Waals surface area (Å²) in [4.78, 5) is 10.3. The van der Waals surface area contributed by atoms with Crippen LogP contribution in [0, 0.1) is 10.1 Å². The molecule has 0 unspecified atom stereocenters. The van der Waals surface area contributed by atoms with E-state index in [1.165, 1.54) is 6.07 Å². The molecule has 0 aliphatic carbocycles. The maximum atomic E-state index is 10.7. The Morgan fingerprint density at radius 3 is 2.25 bits per heavy atom. The summed E-state index contributed by atoms with van der Waals surface area (Å²) in [5, 5.41) is 10.7. The third-order valence-corrected chi connectivity index (χ3v) is 2.35. The largest absolute Gasteiger partial charge is 0.484 e. The van der Waals surface area contributed by atoms with Crippen molar-refractivity contribution in [2.75, 3.05) is 46.8 Å². The van der Waals surface area contributed by atoms with Crippen LogP contribution in [-0.4, -0.2) is 51.7 Å². The van der Waals surface area contributed by atoms with Crippen molar-refractivity contribution in [2.24, 2.45) is 0 Å². The molecule has 0 saturated carbocycles. The van der Waals surface area contributed by atoms with Gasteiger partial charge in [0.25, 0.3) is 0 Å². The molecule has 0 amide bonds. The van der Waals surface area contributed by atoms with Gasteiger partial charge in [0.2, 0.25) is 0 Å². The summed E-state index contributed by atoms with van der Waals surface area (Å²) in [6, 6.07) is 6.25. The van der Waals surface area contributed by atoms with Gasteiger partial charge in [0.15, 0.2) is 5.75 Å². The van der Waals surface area contributed by atoms with Crippen molar-refractivity contribution in [3.05, 3.63) is 34.4 Å². The van der Waals surface area contributed by atoms with E-state index in [-0.39, 0.29) is 18.0 Å². The number of nitro groups is 1. The molecule has 1 aromatic rings. The van der Waals surface area contributed by atoms with E-state index in [1.807, 2.05) is 0 Å². The van der Waals surface area contributed by atoms with Crippen molar-refractivity contribution < 1.29 is 23.9 Å². The van der Waals surface area contributed by atoms with Crippen LogP contribution in [0.3, 0.4) is 0 Å². The SMILES string of the molecule is COCCOCCOCCOc1ccccc1[N+](=O)[O-]. The van der Waals surface area contributed by atoms with E-state index in [0.29, 0.717) is 33.0 Å². The zero-order valence-electron chi connectivity index (χ0n) is 11.4. The third-order valence-electron chi connectivity index (χ3n) is 2.35. The maximum Gasteiger partial charge on any atom is 0.310 e. The predicted octanol–water partition coefficient (Wildman–Crippen LogP) is 1.65. The molecule has 0 bridgehead atoms. The Kier molecular flexibility index (Phi) is 8.28. The zero-order chi connectivity index (χ0) is 14.6. The predicted molar refractivity (Wildman–Crippen MR) is 72.1 cm³/mol. The van der Waals surface area contributed by atoms with Crippen molar-refractivity contribution in [1.82, 2.24) is 0 Å². The van der Waals surface area contributed by atoms with Crippen LogP contribution in [0.15, 0.2) is 24.3 Å². The van der Waals surface area contributed by atoms with Crippen LogP contribution in [0.4, 0.5) is 5.69 Å². The van der Waals surface area contributed by atoms with Gasteiger partial charge in [-0.3, -0.25) is 10.1 Å². The molecule has 20 heavy (non-hydrogen) atoms. The summed E-state index contributed by atoms with van der Waals surface area (Å²) < 4.78 is 20.6. The minimum Gasteiger partial charge on any atom is -0.484 e. The first-order valence-electron chi connectivity index (χ1n) is 6.26. The molecule has 0 aliphatic rings. The van der Waals surface area contributed by atoms with Crippen LogP contribution >= 0.6 is 0 Å². The summed E-state index contributed by atoms with van der Waals surface area (Å²) in [5.41, 5.74) is -0.0459. The Labute approximate surface area is 117 Å². The van der Waals surface area contributed by atoms with Gasteiger partial charge in [-0.05, 0) is 6.07 Å². The van der Waals surface area contributed by atoms with Crippen molar-refractivity contribution in [1.29, 1.82) is 0 Å². The number of hydrogen-bond acceptors (Lipinski definition) is 6. The van der Waals surface area contributed by atoms with Crippen LogP contribution in [0.2, 0.25) is 0 Å². The van der Waals surface area contributed by atoms with Crippen LogP contribution in [0.5, 0.6) is 5.75 Å². The van der Waals surface area contributed by atoms with Crippen molar-refractivity contribution in [3.63, 3.8) is 0 Å².